The normalized spacial score (nSPS) is 9.89. The number of aryl methyl sites for hydroxylation is 1. The predicted molar refractivity (Wildman–Crippen MR) is 74.4 cm³/mol. The smallest absolute Gasteiger partial charge is 0.143 e. The molecule has 3 heteroatoms. The maximum absolute atomic E-state index is 13.4. The summed E-state index contributed by atoms with van der Waals surface area (Å²) in [5, 5.41) is 12.0. The van der Waals surface area contributed by atoms with Crippen LogP contribution in [0, 0.1) is 17.1 Å². The van der Waals surface area contributed by atoms with Crippen LogP contribution in [-0.2, 0) is 6.42 Å². The first-order chi connectivity index (χ1) is 9.31. The predicted octanol–water partition coefficient (Wildman–Crippen LogP) is 3.74. The third-order valence-corrected chi connectivity index (χ3v) is 2.93. The summed E-state index contributed by atoms with van der Waals surface area (Å²) in [6.45, 7) is 0.715. The summed E-state index contributed by atoms with van der Waals surface area (Å²) in [7, 11) is 0. The van der Waals surface area contributed by atoms with Crippen molar-refractivity contribution in [2.24, 2.45) is 0 Å². The van der Waals surface area contributed by atoms with E-state index in [1.807, 2.05) is 24.3 Å². The van der Waals surface area contributed by atoms with Crippen LogP contribution < -0.4 is 5.32 Å². The van der Waals surface area contributed by atoms with Crippen molar-refractivity contribution in [3.63, 3.8) is 0 Å². The van der Waals surface area contributed by atoms with E-state index in [0.29, 0.717) is 12.2 Å². The first kappa shape index (κ1) is 13.1. The second-order valence-electron chi connectivity index (χ2n) is 4.29. The van der Waals surface area contributed by atoms with Crippen LogP contribution in [0.15, 0.2) is 48.5 Å². The van der Waals surface area contributed by atoms with E-state index >= 15 is 0 Å². The summed E-state index contributed by atoms with van der Waals surface area (Å²) in [5.41, 5.74) is 1.93. The summed E-state index contributed by atoms with van der Waals surface area (Å²) in [6.07, 6.45) is 1.90. The average Bonchev–Trinajstić information content (AvgIpc) is 2.45. The van der Waals surface area contributed by atoms with Crippen LogP contribution in [0.5, 0.6) is 0 Å². The molecule has 2 nitrogen and oxygen atoms in total. The molecule has 0 heterocycles. The van der Waals surface area contributed by atoms with Gasteiger partial charge in [0.25, 0.3) is 0 Å². The molecule has 0 saturated carbocycles. The highest BCUT2D eigenvalue weighted by Gasteiger charge is 2.06. The lowest BCUT2D eigenvalue weighted by molar-refractivity contribution is 0.624. The fourth-order valence-electron chi connectivity index (χ4n) is 1.95. The molecule has 2 rings (SSSR count). The Balaban J connectivity index is 1.87. The fourth-order valence-corrected chi connectivity index (χ4v) is 1.95. The maximum atomic E-state index is 13.4. The van der Waals surface area contributed by atoms with Gasteiger partial charge < -0.3 is 5.32 Å². The highest BCUT2D eigenvalue weighted by atomic mass is 19.1. The molecule has 0 aromatic heterocycles. The van der Waals surface area contributed by atoms with E-state index in [9.17, 15) is 4.39 Å². The van der Waals surface area contributed by atoms with E-state index in [-0.39, 0.29) is 5.56 Å². The molecule has 0 aliphatic heterocycles. The van der Waals surface area contributed by atoms with E-state index in [4.69, 9.17) is 5.26 Å². The van der Waals surface area contributed by atoms with E-state index in [0.717, 1.165) is 12.8 Å². The highest BCUT2D eigenvalue weighted by molar-refractivity contribution is 5.57. The number of benzene rings is 2. The van der Waals surface area contributed by atoms with Gasteiger partial charge in [0.1, 0.15) is 17.4 Å². The molecule has 96 valence electrons. The molecule has 2 aromatic rings. The van der Waals surface area contributed by atoms with Crippen molar-refractivity contribution in [2.45, 2.75) is 12.8 Å². The van der Waals surface area contributed by atoms with Gasteiger partial charge in [-0.3, -0.25) is 0 Å². The standard InChI is InChI=1S/C16H15FN2/c17-15-9-4-10-16(14(15)12-18)19-11-5-8-13-6-2-1-3-7-13/h1-4,6-7,9-10,19H,5,8,11H2. The zero-order chi connectivity index (χ0) is 13.5. The van der Waals surface area contributed by atoms with Gasteiger partial charge in [0.2, 0.25) is 0 Å². The summed E-state index contributed by atoms with van der Waals surface area (Å²) in [4.78, 5) is 0. The van der Waals surface area contributed by atoms with Crippen molar-refractivity contribution in [1.82, 2.24) is 0 Å². The molecule has 0 aliphatic carbocycles. The maximum Gasteiger partial charge on any atom is 0.143 e. The molecule has 0 unspecified atom stereocenters. The van der Waals surface area contributed by atoms with E-state index in [2.05, 4.69) is 17.4 Å². The van der Waals surface area contributed by atoms with Gasteiger partial charge in [-0.25, -0.2) is 4.39 Å². The number of nitrogens with one attached hydrogen (secondary N) is 1. The van der Waals surface area contributed by atoms with Gasteiger partial charge in [0.05, 0.1) is 5.69 Å². The Bertz CT molecular complexity index is 573. The van der Waals surface area contributed by atoms with Crippen molar-refractivity contribution in [3.05, 3.63) is 65.5 Å². The van der Waals surface area contributed by atoms with Crippen LogP contribution in [-0.4, -0.2) is 6.54 Å². The summed E-state index contributed by atoms with van der Waals surface area (Å²) < 4.78 is 13.4. The van der Waals surface area contributed by atoms with Crippen LogP contribution >= 0.6 is 0 Å². The van der Waals surface area contributed by atoms with Crippen molar-refractivity contribution >= 4 is 5.69 Å². The number of anilines is 1. The van der Waals surface area contributed by atoms with Gasteiger partial charge in [-0.2, -0.15) is 5.26 Å². The molecule has 0 radical (unpaired) electrons. The number of halogens is 1. The second-order valence-corrected chi connectivity index (χ2v) is 4.29. The molecule has 0 fully saturated rings. The largest absolute Gasteiger partial charge is 0.384 e. The number of rotatable bonds is 5. The van der Waals surface area contributed by atoms with Crippen molar-refractivity contribution in [1.29, 1.82) is 5.26 Å². The Hall–Kier alpha value is -2.34. The summed E-state index contributed by atoms with van der Waals surface area (Å²) >= 11 is 0. The molecule has 0 bridgehead atoms. The summed E-state index contributed by atoms with van der Waals surface area (Å²) in [6, 6.07) is 16.7. The Morgan fingerprint density at radius 3 is 2.58 bits per heavy atom. The quantitative estimate of drug-likeness (QED) is 0.825. The zero-order valence-corrected chi connectivity index (χ0v) is 10.6. The van der Waals surface area contributed by atoms with Crippen LogP contribution in [0.2, 0.25) is 0 Å². The molecule has 19 heavy (non-hydrogen) atoms. The highest BCUT2D eigenvalue weighted by Crippen LogP contribution is 2.17. The zero-order valence-electron chi connectivity index (χ0n) is 10.6. The van der Waals surface area contributed by atoms with Gasteiger partial charge >= 0.3 is 0 Å². The number of nitrogens with zero attached hydrogens (tertiary/aromatic N) is 1. The minimum Gasteiger partial charge on any atom is -0.384 e. The molecule has 0 atom stereocenters. The Labute approximate surface area is 112 Å². The molecule has 0 spiro atoms. The molecular formula is C16H15FN2. The first-order valence-electron chi connectivity index (χ1n) is 6.27. The molecule has 0 amide bonds. The van der Waals surface area contributed by atoms with Crippen LogP contribution in [0.25, 0.3) is 0 Å². The van der Waals surface area contributed by atoms with Crippen LogP contribution in [0.3, 0.4) is 0 Å². The lowest BCUT2D eigenvalue weighted by Crippen LogP contribution is -2.05. The van der Waals surface area contributed by atoms with Gasteiger partial charge in [0.15, 0.2) is 0 Å². The number of nitriles is 1. The molecule has 2 aromatic carbocycles. The van der Waals surface area contributed by atoms with Crippen molar-refractivity contribution < 1.29 is 4.39 Å². The van der Waals surface area contributed by atoms with Crippen molar-refractivity contribution in [3.8, 4) is 6.07 Å². The summed E-state index contributed by atoms with van der Waals surface area (Å²) in [5.74, 6) is -0.476. The lowest BCUT2D eigenvalue weighted by atomic mass is 10.1. The third kappa shape index (κ3) is 3.56. The average molecular weight is 254 g/mol. The minimum atomic E-state index is -0.476. The molecular weight excluding hydrogens is 239 g/mol. The van der Waals surface area contributed by atoms with Gasteiger partial charge in [-0.05, 0) is 30.5 Å². The van der Waals surface area contributed by atoms with Gasteiger partial charge in [-0.1, -0.05) is 36.4 Å². The Kier molecular flexibility index (Phi) is 4.52. The van der Waals surface area contributed by atoms with E-state index in [1.54, 1.807) is 12.1 Å². The van der Waals surface area contributed by atoms with Crippen LogP contribution in [0.1, 0.15) is 17.5 Å². The van der Waals surface area contributed by atoms with Gasteiger partial charge in [-0.15, -0.1) is 0 Å². The Morgan fingerprint density at radius 2 is 1.84 bits per heavy atom. The lowest BCUT2D eigenvalue weighted by Gasteiger charge is -2.08. The van der Waals surface area contributed by atoms with E-state index in [1.165, 1.54) is 11.6 Å². The van der Waals surface area contributed by atoms with E-state index < -0.39 is 5.82 Å². The van der Waals surface area contributed by atoms with Crippen LogP contribution in [0.4, 0.5) is 10.1 Å². The molecule has 0 aliphatic rings. The molecule has 1 N–H and O–H groups in total. The SMILES string of the molecule is N#Cc1c(F)cccc1NCCCc1ccccc1. The monoisotopic (exact) mass is 254 g/mol. The molecule has 0 saturated heterocycles. The topological polar surface area (TPSA) is 35.8 Å². The number of hydrogen-bond acceptors (Lipinski definition) is 2. The second kappa shape index (κ2) is 6.55. The minimum absolute atomic E-state index is 0.0854. The van der Waals surface area contributed by atoms with Gasteiger partial charge in [0, 0.05) is 6.54 Å². The number of hydrogen-bond donors (Lipinski definition) is 1. The third-order valence-electron chi connectivity index (χ3n) is 2.93. The first-order valence-corrected chi connectivity index (χ1v) is 6.27. The van der Waals surface area contributed by atoms with Crippen molar-refractivity contribution in [2.75, 3.05) is 11.9 Å². The fraction of sp³-hybridized carbons (Fsp3) is 0.188. The Morgan fingerprint density at radius 1 is 1.05 bits per heavy atom.